The van der Waals surface area contributed by atoms with Crippen LogP contribution in [0.25, 0.3) is 0 Å². The number of aliphatic hydroxyl groups excluding tert-OH is 2. The summed E-state index contributed by atoms with van der Waals surface area (Å²) in [6.07, 6.45) is 0.188. The minimum Gasteiger partial charge on any atom is -0.508 e. The highest BCUT2D eigenvalue weighted by Crippen LogP contribution is 2.22. The summed E-state index contributed by atoms with van der Waals surface area (Å²) in [5.74, 6) is -0.584. The van der Waals surface area contributed by atoms with Gasteiger partial charge in [-0.05, 0) is 59.9 Å². The third-order valence-electron chi connectivity index (χ3n) is 5.94. The Hall–Kier alpha value is -3.72. The first kappa shape index (κ1) is 26.9. The van der Waals surface area contributed by atoms with Crippen LogP contribution in [0.5, 0.6) is 5.75 Å². The Morgan fingerprint density at radius 1 is 0.972 bits per heavy atom. The van der Waals surface area contributed by atoms with Gasteiger partial charge in [-0.25, -0.2) is 0 Å². The number of aliphatic hydroxyl groups is 2. The number of carbonyl (C=O) groups is 2. The molecular weight excluding hydrogens is 458 g/mol. The molecule has 0 aliphatic rings. The lowest BCUT2D eigenvalue weighted by Gasteiger charge is -2.18. The average Bonchev–Trinajstić information content (AvgIpc) is 2.86. The molecule has 190 valence electrons. The van der Waals surface area contributed by atoms with E-state index in [2.05, 4.69) is 10.6 Å². The van der Waals surface area contributed by atoms with Crippen molar-refractivity contribution in [1.29, 1.82) is 0 Å². The summed E-state index contributed by atoms with van der Waals surface area (Å²) in [4.78, 5) is 23.6. The Morgan fingerprint density at radius 2 is 1.69 bits per heavy atom. The van der Waals surface area contributed by atoms with E-state index in [0.29, 0.717) is 36.2 Å². The molecule has 2 amide bonds. The van der Waals surface area contributed by atoms with E-state index in [9.17, 15) is 24.9 Å². The Labute approximate surface area is 210 Å². The molecular formula is C28H33N3O5. The summed E-state index contributed by atoms with van der Waals surface area (Å²) in [5, 5.41) is 35.6. The molecule has 8 heteroatoms. The van der Waals surface area contributed by atoms with Crippen LogP contribution in [-0.2, 0) is 30.8 Å². The quantitative estimate of drug-likeness (QED) is 0.229. The third kappa shape index (κ3) is 7.91. The monoisotopic (exact) mass is 491 g/mol. The molecule has 0 radical (unpaired) electrons. The smallest absolute Gasteiger partial charge is 0.248 e. The van der Waals surface area contributed by atoms with Crippen molar-refractivity contribution in [3.8, 4) is 5.75 Å². The van der Waals surface area contributed by atoms with Gasteiger partial charge in [-0.15, -0.1) is 0 Å². The van der Waals surface area contributed by atoms with Gasteiger partial charge in [-0.3, -0.25) is 9.59 Å². The van der Waals surface area contributed by atoms with Crippen LogP contribution < -0.4 is 16.4 Å². The van der Waals surface area contributed by atoms with Gasteiger partial charge in [-0.1, -0.05) is 42.5 Å². The normalized spacial score (nSPS) is 12.6. The van der Waals surface area contributed by atoms with Crippen molar-refractivity contribution < 1.29 is 24.9 Å². The lowest BCUT2D eigenvalue weighted by molar-refractivity contribution is -0.120. The van der Waals surface area contributed by atoms with E-state index in [1.807, 2.05) is 31.2 Å². The predicted octanol–water partition coefficient (Wildman–Crippen LogP) is 2.10. The van der Waals surface area contributed by atoms with Crippen LogP contribution in [0.3, 0.4) is 0 Å². The maximum Gasteiger partial charge on any atom is 0.248 e. The number of benzene rings is 3. The first-order valence-corrected chi connectivity index (χ1v) is 11.8. The SMILES string of the molecule is C[C@H](Cc1cccc(CC(=O)NCc2ccc(C(N)=O)cc2)c1)NC[C@@H](O)c1ccc(O)c(CO)c1. The Morgan fingerprint density at radius 3 is 2.39 bits per heavy atom. The molecule has 0 bridgehead atoms. The van der Waals surface area contributed by atoms with E-state index in [4.69, 9.17) is 5.73 Å². The zero-order valence-corrected chi connectivity index (χ0v) is 20.3. The highest BCUT2D eigenvalue weighted by molar-refractivity contribution is 5.92. The fourth-order valence-corrected chi connectivity index (χ4v) is 3.90. The lowest BCUT2D eigenvalue weighted by Crippen LogP contribution is -2.32. The molecule has 0 aromatic heterocycles. The molecule has 0 unspecified atom stereocenters. The number of phenols is 1. The number of nitrogens with one attached hydrogen (secondary N) is 2. The molecule has 0 spiro atoms. The molecule has 3 aromatic rings. The van der Waals surface area contributed by atoms with Gasteiger partial charge in [0.25, 0.3) is 0 Å². The van der Waals surface area contributed by atoms with Crippen LogP contribution >= 0.6 is 0 Å². The van der Waals surface area contributed by atoms with Gasteiger partial charge in [-0.2, -0.15) is 0 Å². The van der Waals surface area contributed by atoms with E-state index in [0.717, 1.165) is 16.7 Å². The molecule has 0 aliphatic carbocycles. The Kier molecular flexibility index (Phi) is 9.58. The standard InChI is InChI=1S/C28H33N3O5/c1-18(30-16-26(34)23-9-10-25(33)24(14-23)17-32)11-20-3-2-4-21(12-20)13-27(35)31-15-19-5-7-22(8-6-19)28(29)36/h2-10,12,14,18,26,30,32-34H,11,13,15-17H2,1H3,(H2,29,36)(H,31,35)/t18-,26-/m1/s1. The molecule has 36 heavy (non-hydrogen) atoms. The van der Waals surface area contributed by atoms with Crippen molar-refractivity contribution in [2.24, 2.45) is 5.73 Å². The highest BCUT2D eigenvalue weighted by Gasteiger charge is 2.13. The van der Waals surface area contributed by atoms with Gasteiger partial charge in [0.1, 0.15) is 5.75 Å². The number of nitrogens with two attached hydrogens (primary N) is 1. The van der Waals surface area contributed by atoms with Crippen LogP contribution in [0.2, 0.25) is 0 Å². The second-order valence-corrected chi connectivity index (χ2v) is 8.91. The third-order valence-corrected chi connectivity index (χ3v) is 5.94. The summed E-state index contributed by atoms with van der Waals surface area (Å²) < 4.78 is 0. The van der Waals surface area contributed by atoms with E-state index in [-0.39, 0.29) is 30.7 Å². The molecule has 3 aromatic carbocycles. The van der Waals surface area contributed by atoms with Crippen LogP contribution in [0.1, 0.15) is 51.2 Å². The molecule has 8 nitrogen and oxygen atoms in total. The Balaban J connectivity index is 1.47. The van der Waals surface area contributed by atoms with Crippen molar-refractivity contribution in [3.63, 3.8) is 0 Å². The predicted molar refractivity (Wildman–Crippen MR) is 137 cm³/mol. The number of hydrogen-bond acceptors (Lipinski definition) is 6. The summed E-state index contributed by atoms with van der Waals surface area (Å²) in [6.45, 7) is 2.40. The highest BCUT2D eigenvalue weighted by atomic mass is 16.3. The molecule has 3 rings (SSSR count). The molecule has 7 N–H and O–H groups in total. The van der Waals surface area contributed by atoms with Crippen molar-refractivity contribution >= 4 is 11.8 Å². The zero-order valence-electron chi connectivity index (χ0n) is 20.3. The molecule has 0 saturated carbocycles. The fraction of sp³-hybridized carbons (Fsp3) is 0.286. The van der Waals surface area contributed by atoms with Gasteiger partial charge >= 0.3 is 0 Å². The molecule has 0 aliphatic heterocycles. The van der Waals surface area contributed by atoms with Gasteiger partial charge < -0.3 is 31.7 Å². The van der Waals surface area contributed by atoms with Crippen LogP contribution in [-0.4, -0.2) is 39.7 Å². The minimum absolute atomic E-state index is 0.00204. The largest absolute Gasteiger partial charge is 0.508 e. The maximum atomic E-state index is 12.4. The summed E-state index contributed by atoms with van der Waals surface area (Å²) >= 11 is 0. The van der Waals surface area contributed by atoms with Gasteiger partial charge in [0.05, 0.1) is 19.1 Å². The van der Waals surface area contributed by atoms with Crippen molar-refractivity contribution in [2.75, 3.05) is 6.54 Å². The van der Waals surface area contributed by atoms with E-state index < -0.39 is 12.0 Å². The lowest BCUT2D eigenvalue weighted by atomic mass is 10.0. The second kappa shape index (κ2) is 12.8. The number of primary amides is 1. The summed E-state index contributed by atoms with van der Waals surface area (Å²) in [7, 11) is 0. The minimum atomic E-state index is -0.777. The van der Waals surface area contributed by atoms with Gasteiger partial charge in [0, 0.05) is 30.3 Å². The van der Waals surface area contributed by atoms with E-state index >= 15 is 0 Å². The fourth-order valence-electron chi connectivity index (χ4n) is 3.90. The zero-order chi connectivity index (χ0) is 26.1. The number of rotatable bonds is 12. The Bertz CT molecular complexity index is 1180. The number of hydrogen-bond donors (Lipinski definition) is 6. The first-order chi connectivity index (χ1) is 17.2. The molecule has 0 saturated heterocycles. The number of carbonyl (C=O) groups excluding carboxylic acids is 2. The van der Waals surface area contributed by atoms with Crippen molar-refractivity contribution in [3.05, 3.63) is 100 Å². The van der Waals surface area contributed by atoms with E-state index in [1.54, 1.807) is 36.4 Å². The number of amides is 2. The van der Waals surface area contributed by atoms with Crippen LogP contribution in [0.15, 0.2) is 66.7 Å². The second-order valence-electron chi connectivity index (χ2n) is 8.91. The molecule has 2 atom stereocenters. The van der Waals surface area contributed by atoms with Crippen molar-refractivity contribution in [1.82, 2.24) is 10.6 Å². The van der Waals surface area contributed by atoms with Crippen LogP contribution in [0.4, 0.5) is 0 Å². The topological polar surface area (TPSA) is 145 Å². The van der Waals surface area contributed by atoms with Gasteiger partial charge in [0.15, 0.2) is 0 Å². The maximum absolute atomic E-state index is 12.4. The first-order valence-electron chi connectivity index (χ1n) is 11.8. The van der Waals surface area contributed by atoms with E-state index in [1.165, 1.54) is 6.07 Å². The van der Waals surface area contributed by atoms with Gasteiger partial charge in [0.2, 0.25) is 11.8 Å². The molecule has 0 heterocycles. The summed E-state index contributed by atoms with van der Waals surface area (Å²) in [5.41, 5.74) is 9.52. The average molecular weight is 492 g/mol. The van der Waals surface area contributed by atoms with Crippen LogP contribution in [0, 0.1) is 0 Å². The number of aromatic hydroxyl groups is 1. The molecule has 0 fully saturated rings. The van der Waals surface area contributed by atoms with Crippen molar-refractivity contribution in [2.45, 2.75) is 45.1 Å². The summed E-state index contributed by atoms with van der Waals surface area (Å²) in [6, 6.07) is 19.4.